The standard InChI is InChI=1S/C21H24N4O2/c1-23-13-19(18-4-2-3-5-20(18)23)21(26)24-10-16-8-9-22-25(16)12-17(11-24)27-14-15-6-7-15/h2-5,8-9,13,15,17H,6-7,10-12,14H2,1H3/t17-/m1/s1. The number of carbonyl (C=O) groups is 1. The molecule has 2 aliphatic rings. The minimum absolute atomic E-state index is 0.0225. The summed E-state index contributed by atoms with van der Waals surface area (Å²) in [6, 6.07) is 10.0. The third-order valence-corrected chi connectivity index (χ3v) is 5.64. The SMILES string of the molecule is Cn1cc(C(=O)N2Cc3ccnn3C[C@H](OCC3CC3)C2)c2ccccc21. The number of ether oxygens (including phenoxy) is 1. The molecule has 1 amide bonds. The quantitative estimate of drug-likeness (QED) is 0.715. The van der Waals surface area contributed by atoms with Gasteiger partial charge in [-0.15, -0.1) is 0 Å². The van der Waals surface area contributed by atoms with Gasteiger partial charge < -0.3 is 14.2 Å². The van der Waals surface area contributed by atoms with Crippen molar-refractivity contribution in [3.63, 3.8) is 0 Å². The minimum Gasteiger partial charge on any atom is -0.374 e. The van der Waals surface area contributed by atoms with E-state index in [0.29, 0.717) is 25.6 Å². The van der Waals surface area contributed by atoms with E-state index >= 15 is 0 Å². The predicted molar refractivity (Wildman–Crippen MR) is 102 cm³/mol. The summed E-state index contributed by atoms with van der Waals surface area (Å²) in [6.45, 7) is 2.65. The van der Waals surface area contributed by atoms with Crippen molar-refractivity contribution >= 4 is 16.8 Å². The number of fused-ring (bicyclic) bond motifs is 2. The number of nitrogens with zero attached hydrogens (tertiary/aromatic N) is 4. The van der Waals surface area contributed by atoms with Gasteiger partial charge in [0.15, 0.2) is 0 Å². The molecule has 2 aromatic heterocycles. The van der Waals surface area contributed by atoms with E-state index < -0.39 is 0 Å². The molecule has 1 aliphatic carbocycles. The van der Waals surface area contributed by atoms with Gasteiger partial charge in [-0.1, -0.05) is 18.2 Å². The van der Waals surface area contributed by atoms with Crippen molar-refractivity contribution in [2.45, 2.75) is 32.0 Å². The van der Waals surface area contributed by atoms with Gasteiger partial charge in [0.25, 0.3) is 5.91 Å². The van der Waals surface area contributed by atoms with E-state index in [9.17, 15) is 4.79 Å². The van der Waals surface area contributed by atoms with E-state index in [-0.39, 0.29) is 12.0 Å². The van der Waals surface area contributed by atoms with Crippen LogP contribution in [0.2, 0.25) is 0 Å². The maximum Gasteiger partial charge on any atom is 0.256 e. The average Bonchev–Trinajstić information content (AvgIpc) is 3.37. The Hall–Kier alpha value is -2.60. The lowest BCUT2D eigenvalue weighted by atomic mass is 10.1. The van der Waals surface area contributed by atoms with E-state index in [1.165, 1.54) is 12.8 Å². The zero-order chi connectivity index (χ0) is 18.4. The summed E-state index contributed by atoms with van der Waals surface area (Å²) >= 11 is 0. The van der Waals surface area contributed by atoms with Crippen LogP contribution >= 0.6 is 0 Å². The molecular weight excluding hydrogens is 340 g/mol. The molecular formula is C21H24N4O2. The Labute approximate surface area is 158 Å². The van der Waals surface area contributed by atoms with Crippen molar-refractivity contribution in [1.29, 1.82) is 0 Å². The topological polar surface area (TPSA) is 52.3 Å². The van der Waals surface area contributed by atoms with Gasteiger partial charge in [-0.3, -0.25) is 9.48 Å². The molecule has 1 aliphatic heterocycles. The second-order valence-corrected chi connectivity index (χ2v) is 7.76. The Morgan fingerprint density at radius 3 is 2.93 bits per heavy atom. The molecule has 3 aromatic rings. The molecule has 1 fully saturated rings. The number of benzene rings is 1. The van der Waals surface area contributed by atoms with Crippen LogP contribution in [0.1, 0.15) is 28.9 Å². The van der Waals surface area contributed by atoms with Crippen LogP contribution in [0.3, 0.4) is 0 Å². The number of rotatable bonds is 4. The first-order valence-electron chi connectivity index (χ1n) is 9.64. The van der Waals surface area contributed by atoms with Crippen LogP contribution < -0.4 is 0 Å². The maximum absolute atomic E-state index is 13.4. The van der Waals surface area contributed by atoms with E-state index in [0.717, 1.165) is 28.8 Å². The summed E-state index contributed by atoms with van der Waals surface area (Å²) in [7, 11) is 1.98. The molecule has 0 spiro atoms. The van der Waals surface area contributed by atoms with Crippen LogP contribution in [0.25, 0.3) is 10.9 Å². The van der Waals surface area contributed by atoms with E-state index in [2.05, 4.69) is 5.10 Å². The van der Waals surface area contributed by atoms with Gasteiger partial charge in [-0.2, -0.15) is 5.10 Å². The lowest BCUT2D eigenvalue weighted by Crippen LogP contribution is -2.37. The van der Waals surface area contributed by atoms with Crippen molar-refractivity contribution in [3.8, 4) is 0 Å². The average molecular weight is 364 g/mol. The number of aromatic nitrogens is 3. The first-order valence-corrected chi connectivity index (χ1v) is 9.64. The molecule has 5 rings (SSSR count). The van der Waals surface area contributed by atoms with Gasteiger partial charge in [0.1, 0.15) is 0 Å². The number of hydrogen-bond donors (Lipinski definition) is 0. The number of aryl methyl sites for hydroxylation is 1. The third kappa shape index (κ3) is 3.14. The fraction of sp³-hybridized carbons (Fsp3) is 0.429. The van der Waals surface area contributed by atoms with E-state index in [1.54, 1.807) is 6.20 Å². The summed E-state index contributed by atoms with van der Waals surface area (Å²) in [5.74, 6) is 0.758. The third-order valence-electron chi connectivity index (χ3n) is 5.64. The Kier molecular flexibility index (Phi) is 4.01. The molecule has 0 unspecified atom stereocenters. The van der Waals surface area contributed by atoms with Gasteiger partial charge in [0, 0.05) is 43.5 Å². The van der Waals surface area contributed by atoms with Crippen LogP contribution in [0, 0.1) is 5.92 Å². The smallest absolute Gasteiger partial charge is 0.256 e. The van der Waals surface area contributed by atoms with Gasteiger partial charge in [0.2, 0.25) is 0 Å². The molecule has 1 saturated carbocycles. The summed E-state index contributed by atoms with van der Waals surface area (Å²) in [5, 5.41) is 5.42. The van der Waals surface area contributed by atoms with Crippen molar-refractivity contribution in [2.75, 3.05) is 13.2 Å². The van der Waals surface area contributed by atoms with Crippen LogP contribution in [0.15, 0.2) is 42.7 Å². The largest absolute Gasteiger partial charge is 0.374 e. The van der Waals surface area contributed by atoms with Crippen molar-refractivity contribution < 1.29 is 9.53 Å². The first-order chi connectivity index (χ1) is 13.2. The molecule has 140 valence electrons. The molecule has 27 heavy (non-hydrogen) atoms. The number of hydrogen-bond acceptors (Lipinski definition) is 3. The summed E-state index contributed by atoms with van der Waals surface area (Å²) in [5.41, 5.74) is 2.88. The van der Waals surface area contributed by atoms with Gasteiger partial charge in [-0.05, 0) is 30.9 Å². The highest BCUT2D eigenvalue weighted by atomic mass is 16.5. The number of para-hydroxylation sites is 1. The summed E-state index contributed by atoms with van der Waals surface area (Å²) < 4.78 is 10.2. The normalized spacial score (nSPS) is 19.9. The number of amides is 1. The molecule has 0 radical (unpaired) electrons. The highest BCUT2D eigenvalue weighted by molar-refractivity contribution is 6.07. The Balaban J connectivity index is 1.45. The highest BCUT2D eigenvalue weighted by Crippen LogP contribution is 2.30. The minimum atomic E-state index is -0.0225. The Morgan fingerprint density at radius 2 is 2.07 bits per heavy atom. The highest BCUT2D eigenvalue weighted by Gasteiger charge is 2.30. The van der Waals surface area contributed by atoms with Crippen molar-refractivity contribution in [1.82, 2.24) is 19.2 Å². The second-order valence-electron chi connectivity index (χ2n) is 7.76. The van der Waals surface area contributed by atoms with Gasteiger partial charge in [-0.25, -0.2) is 0 Å². The molecule has 6 heteroatoms. The van der Waals surface area contributed by atoms with Crippen molar-refractivity contribution in [3.05, 3.63) is 54.0 Å². The lowest BCUT2D eigenvalue weighted by molar-refractivity contribution is 0.0137. The molecule has 0 bridgehead atoms. The molecule has 6 nitrogen and oxygen atoms in total. The zero-order valence-corrected chi connectivity index (χ0v) is 15.5. The molecule has 0 N–H and O–H groups in total. The fourth-order valence-electron chi connectivity index (χ4n) is 3.91. The lowest BCUT2D eigenvalue weighted by Gasteiger charge is -2.24. The monoisotopic (exact) mass is 364 g/mol. The number of carbonyl (C=O) groups excluding carboxylic acids is 1. The molecule has 3 heterocycles. The first kappa shape index (κ1) is 16.6. The fourth-order valence-corrected chi connectivity index (χ4v) is 3.91. The van der Waals surface area contributed by atoms with E-state index in [4.69, 9.17) is 4.74 Å². The van der Waals surface area contributed by atoms with Crippen LogP contribution in [-0.4, -0.2) is 44.4 Å². The van der Waals surface area contributed by atoms with Crippen molar-refractivity contribution in [2.24, 2.45) is 13.0 Å². The predicted octanol–water partition coefficient (Wildman–Crippen LogP) is 2.83. The summed E-state index contributed by atoms with van der Waals surface area (Å²) in [6.07, 6.45) is 6.25. The van der Waals surface area contributed by atoms with Crippen LogP contribution in [-0.2, 0) is 24.9 Å². The Bertz CT molecular complexity index is 985. The van der Waals surface area contributed by atoms with Gasteiger partial charge >= 0.3 is 0 Å². The van der Waals surface area contributed by atoms with Gasteiger partial charge in [0.05, 0.1) is 30.5 Å². The maximum atomic E-state index is 13.4. The second kappa shape index (κ2) is 6.53. The van der Waals surface area contributed by atoms with Crippen LogP contribution in [0.5, 0.6) is 0 Å². The molecule has 0 saturated heterocycles. The Morgan fingerprint density at radius 1 is 1.22 bits per heavy atom. The summed E-state index contributed by atoms with van der Waals surface area (Å²) in [4.78, 5) is 15.4. The molecule has 1 atom stereocenters. The van der Waals surface area contributed by atoms with E-state index in [1.807, 2.05) is 57.7 Å². The zero-order valence-electron chi connectivity index (χ0n) is 15.5. The molecule has 1 aromatic carbocycles. The van der Waals surface area contributed by atoms with Crippen LogP contribution in [0.4, 0.5) is 0 Å².